The summed E-state index contributed by atoms with van der Waals surface area (Å²) in [6.07, 6.45) is 4.39. The normalized spacial score (nSPS) is 15.8. The molecule has 1 aromatic heterocycles. The van der Waals surface area contributed by atoms with Gasteiger partial charge in [0, 0.05) is 36.0 Å². The quantitative estimate of drug-likeness (QED) is 0.0754. The van der Waals surface area contributed by atoms with Crippen LogP contribution in [0.15, 0.2) is 83.9 Å². The number of rotatable bonds is 15. The summed E-state index contributed by atoms with van der Waals surface area (Å²) in [4.78, 5) is 73.5. The van der Waals surface area contributed by atoms with Gasteiger partial charge in [-0.25, -0.2) is 18.1 Å². The highest BCUT2D eigenvalue weighted by Crippen LogP contribution is 2.32. The molecule has 0 unspecified atom stereocenters. The highest BCUT2D eigenvalue weighted by atomic mass is 32.2. The Morgan fingerprint density at radius 1 is 0.912 bits per heavy atom. The molecule has 6 rings (SSSR count). The van der Waals surface area contributed by atoms with Gasteiger partial charge < -0.3 is 20.7 Å². The van der Waals surface area contributed by atoms with Crippen LogP contribution in [0.4, 0.5) is 28.8 Å². The molecular formula is C40H44N8O8S. The summed E-state index contributed by atoms with van der Waals surface area (Å²) < 4.78 is 34.1. The predicted molar refractivity (Wildman–Crippen MR) is 212 cm³/mol. The van der Waals surface area contributed by atoms with Crippen molar-refractivity contribution in [1.29, 1.82) is 0 Å². The van der Waals surface area contributed by atoms with Crippen LogP contribution in [-0.2, 0) is 24.4 Å². The lowest BCUT2D eigenvalue weighted by Crippen LogP contribution is -2.49. The number of hydrogen-bond donors (Lipinski definition) is 5. The summed E-state index contributed by atoms with van der Waals surface area (Å²) in [5.41, 5.74) is 0.980. The smallest absolute Gasteiger partial charge is 0.264 e. The lowest BCUT2D eigenvalue weighted by atomic mass is 10.1. The van der Waals surface area contributed by atoms with Crippen molar-refractivity contribution >= 4 is 68.4 Å². The molecule has 4 aromatic rings. The van der Waals surface area contributed by atoms with E-state index < -0.39 is 45.2 Å². The molecule has 0 saturated carbocycles. The van der Waals surface area contributed by atoms with Gasteiger partial charge in [-0.1, -0.05) is 12.1 Å². The van der Waals surface area contributed by atoms with Gasteiger partial charge in [-0.15, -0.1) is 0 Å². The Kier molecular flexibility index (Phi) is 12.3. The van der Waals surface area contributed by atoms with Gasteiger partial charge in [-0.05, 0) is 114 Å². The van der Waals surface area contributed by atoms with Gasteiger partial charge in [-0.2, -0.15) is 4.98 Å². The van der Waals surface area contributed by atoms with Crippen LogP contribution in [0, 0.1) is 0 Å². The zero-order valence-corrected chi connectivity index (χ0v) is 32.6. The van der Waals surface area contributed by atoms with E-state index in [2.05, 4.69) is 36.0 Å². The number of carbonyl (C=O) groups excluding carboxylic acids is 5. The number of carbonyl (C=O) groups is 5. The molecule has 5 N–H and O–H groups in total. The van der Waals surface area contributed by atoms with Gasteiger partial charge in [0.05, 0.1) is 28.3 Å². The van der Waals surface area contributed by atoms with E-state index in [0.717, 1.165) is 10.6 Å². The van der Waals surface area contributed by atoms with Gasteiger partial charge in [-0.3, -0.25) is 34.2 Å². The molecule has 0 bridgehead atoms. The third-order valence-corrected chi connectivity index (χ3v) is 10.7. The molecule has 0 spiro atoms. The molecule has 298 valence electrons. The number of fused-ring (bicyclic) bond motifs is 1. The first-order chi connectivity index (χ1) is 27.2. The van der Waals surface area contributed by atoms with E-state index in [-0.39, 0.29) is 46.9 Å². The number of nitrogens with zero attached hydrogens (tertiary/aromatic N) is 3. The topological polar surface area (TPSA) is 218 Å². The third kappa shape index (κ3) is 10.4. The van der Waals surface area contributed by atoms with Crippen molar-refractivity contribution in [1.82, 2.24) is 24.9 Å². The fourth-order valence-electron chi connectivity index (χ4n) is 6.38. The van der Waals surface area contributed by atoms with Crippen molar-refractivity contribution in [3.63, 3.8) is 0 Å². The molecule has 3 heterocycles. The number of sulfonamides is 1. The van der Waals surface area contributed by atoms with Crippen molar-refractivity contribution in [3.05, 3.63) is 90.1 Å². The summed E-state index contributed by atoms with van der Waals surface area (Å²) in [7, 11) is -3.71. The molecule has 3 aromatic carbocycles. The second kappa shape index (κ2) is 17.3. The minimum atomic E-state index is -3.71. The maximum atomic E-state index is 13.4. The van der Waals surface area contributed by atoms with E-state index in [9.17, 15) is 32.4 Å². The number of anilines is 5. The fraction of sp³-hybridized carbons (Fsp3) is 0.325. The molecule has 1 saturated heterocycles. The highest BCUT2D eigenvalue weighted by molar-refractivity contribution is 7.89. The van der Waals surface area contributed by atoms with Gasteiger partial charge in [0.25, 0.3) is 11.8 Å². The molecule has 5 amide bonds. The number of amides is 5. The van der Waals surface area contributed by atoms with Crippen molar-refractivity contribution in [2.45, 2.75) is 82.2 Å². The van der Waals surface area contributed by atoms with Crippen LogP contribution in [0.25, 0.3) is 0 Å². The van der Waals surface area contributed by atoms with E-state index >= 15 is 0 Å². The van der Waals surface area contributed by atoms with Gasteiger partial charge in [0.15, 0.2) is 0 Å². The minimum absolute atomic E-state index is 0.0368. The Balaban J connectivity index is 0.929. The number of aromatic nitrogens is 2. The number of ether oxygens (including phenoxy) is 1. The second-order valence-corrected chi connectivity index (χ2v) is 16.3. The molecule has 1 fully saturated rings. The molecular weight excluding hydrogens is 753 g/mol. The maximum absolute atomic E-state index is 13.4. The second-order valence-electron chi connectivity index (χ2n) is 14.7. The first-order valence-electron chi connectivity index (χ1n) is 18.6. The maximum Gasteiger partial charge on any atom is 0.264 e. The number of imide groups is 2. The Labute approximate surface area is 330 Å². The highest BCUT2D eigenvalue weighted by Gasteiger charge is 2.45. The molecule has 16 nitrogen and oxygen atoms in total. The van der Waals surface area contributed by atoms with Crippen molar-refractivity contribution in [3.8, 4) is 5.75 Å². The van der Waals surface area contributed by atoms with Crippen LogP contribution in [0.2, 0.25) is 0 Å². The number of benzene rings is 3. The van der Waals surface area contributed by atoms with Gasteiger partial charge in [0.1, 0.15) is 17.6 Å². The van der Waals surface area contributed by atoms with E-state index in [4.69, 9.17) is 4.74 Å². The standard InChI is InChI=1S/C40H44N8O8S/c1-40(2,3)47-57(54,55)28-11-7-10-26(24-28)42-32-21-22-41-39(45-32)43-25-17-19-27(20-18-25)56-23-6-4-5-15-33(49)44-30-13-8-12-29-35(30)38(53)48(37(29)52)31-14-9-16-34(50)46-36(31)51/h7-8,10-13,17-22,24,31,47H,4-6,9,14-16,23H2,1-3H3,(H,44,49)(H,46,50,51)(H2,41,42,43,45)/t31-/m0/s1. The number of unbranched alkanes of at least 4 members (excludes halogenated alkanes) is 2. The average Bonchev–Trinajstić information content (AvgIpc) is 3.28. The molecule has 17 heteroatoms. The van der Waals surface area contributed by atoms with Crippen LogP contribution >= 0.6 is 0 Å². The molecule has 57 heavy (non-hydrogen) atoms. The van der Waals surface area contributed by atoms with Crippen molar-refractivity contribution in [2.24, 2.45) is 0 Å². The number of nitrogens with one attached hydrogen (secondary N) is 5. The van der Waals surface area contributed by atoms with E-state index in [1.165, 1.54) is 18.2 Å². The SMILES string of the molecule is CC(C)(C)NS(=O)(=O)c1cccc(Nc2ccnc(Nc3ccc(OCCCCCC(=O)Nc4cccc5c4C(=O)N([C@H]4CCCC(=O)NC4=O)C5=O)cc3)n2)c1. The first-order valence-corrected chi connectivity index (χ1v) is 20.0. The zero-order chi connectivity index (χ0) is 40.7. The molecule has 2 aliphatic rings. The largest absolute Gasteiger partial charge is 0.494 e. The Bertz CT molecular complexity index is 2290. The van der Waals surface area contributed by atoms with Crippen LogP contribution < -0.4 is 30.7 Å². The average molecular weight is 797 g/mol. The van der Waals surface area contributed by atoms with Crippen molar-refractivity contribution < 1.29 is 37.1 Å². The van der Waals surface area contributed by atoms with E-state index in [0.29, 0.717) is 55.5 Å². The number of hydrogen-bond acceptors (Lipinski definition) is 12. The predicted octanol–water partition coefficient (Wildman–Crippen LogP) is 5.41. The van der Waals surface area contributed by atoms with Crippen LogP contribution in [-0.4, -0.2) is 71.0 Å². The third-order valence-electron chi connectivity index (χ3n) is 8.92. The van der Waals surface area contributed by atoms with Gasteiger partial charge in [0.2, 0.25) is 33.7 Å². The lowest BCUT2D eigenvalue weighted by molar-refractivity contribution is -0.131. The molecule has 0 aliphatic carbocycles. The zero-order valence-electron chi connectivity index (χ0n) is 31.8. The summed E-state index contributed by atoms with van der Waals surface area (Å²) >= 11 is 0. The minimum Gasteiger partial charge on any atom is -0.494 e. The van der Waals surface area contributed by atoms with Gasteiger partial charge >= 0.3 is 0 Å². The summed E-state index contributed by atoms with van der Waals surface area (Å²) in [6.45, 7) is 5.76. The lowest BCUT2D eigenvalue weighted by Gasteiger charge is -2.23. The van der Waals surface area contributed by atoms with Crippen LogP contribution in [0.5, 0.6) is 5.75 Å². The Hall–Kier alpha value is -6.20. The fourth-order valence-corrected chi connectivity index (χ4v) is 7.84. The van der Waals surface area contributed by atoms with E-state index in [1.54, 1.807) is 57.3 Å². The summed E-state index contributed by atoms with van der Waals surface area (Å²) in [5.74, 6) is -1.31. The molecule has 1 atom stereocenters. The molecule has 0 radical (unpaired) electrons. The molecule has 2 aliphatic heterocycles. The van der Waals surface area contributed by atoms with Crippen LogP contribution in [0.1, 0.15) is 86.4 Å². The monoisotopic (exact) mass is 796 g/mol. The van der Waals surface area contributed by atoms with Crippen LogP contribution in [0.3, 0.4) is 0 Å². The Morgan fingerprint density at radius 2 is 1.68 bits per heavy atom. The summed E-state index contributed by atoms with van der Waals surface area (Å²) in [5, 5.41) is 11.3. The Morgan fingerprint density at radius 3 is 2.46 bits per heavy atom. The summed E-state index contributed by atoms with van der Waals surface area (Å²) in [6, 6.07) is 18.9. The van der Waals surface area contributed by atoms with E-state index in [1.807, 2.05) is 24.3 Å². The first kappa shape index (κ1) is 40.5. The van der Waals surface area contributed by atoms with Crippen molar-refractivity contribution in [2.75, 3.05) is 22.6 Å².